The lowest BCUT2D eigenvalue weighted by atomic mass is 10.1. The van der Waals surface area contributed by atoms with Gasteiger partial charge < -0.3 is 10.6 Å². The molecule has 1 amide bonds. The first-order valence-corrected chi connectivity index (χ1v) is 9.21. The molecule has 0 aliphatic carbocycles. The molecule has 128 valence electrons. The second-order valence-corrected chi connectivity index (χ2v) is 6.65. The van der Waals surface area contributed by atoms with Gasteiger partial charge in [0.05, 0.1) is 11.7 Å². The molecule has 0 fully saturated rings. The lowest BCUT2D eigenvalue weighted by molar-refractivity contribution is -0.115. The number of amides is 1. The van der Waals surface area contributed by atoms with Crippen LogP contribution in [-0.4, -0.2) is 10.9 Å². The first-order valence-electron chi connectivity index (χ1n) is 8.33. The summed E-state index contributed by atoms with van der Waals surface area (Å²) in [6, 6.07) is 18.3. The molecule has 25 heavy (non-hydrogen) atoms. The van der Waals surface area contributed by atoms with E-state index in [0.717, 1.165) is 22.1 Å². The van der Waals surface area contributed by atoms with E-state index in [0.29, 0.717) is 6.42 Å². The Morgan fingerprint density at radius 2 is 1.84 bits per heavy atom. The highest BCUT2D eigenvalue weighted by atomic mass is 32.1. The minimum absolute atomic E-state index is 0.0165. The second kappa shape index (κ2) is 7.94. The van der Waals surface area contributed by atoms with Gasteiger partial charge in [-0.2, -0.15) is 0 Å². The van der Waals surface area contributed by atoms with Gasteiger partial charge in [0.15, 0.2) is 5.13 Å². The molecule has 0 saturated heterocycles. The van der Waals surface area contributed by atoms with Crippen molar-refractivity contribution >= 4 is 28.1 Å². The van der Waals surface area contributed by atoms with Crippen molar-refractivity contribution < 1.29 is 4.79 Å². The zero-order chi connectivity index (χ0) is 17.6. The van der Waals surface area contributed by atoms with Crippen LogP contribution < -0.4 is 10.6 Å². The monoisotopic (exact) mass is 351 g/mol. The lowest BCUT2D eigenvalue weighted by Gasteiger charge is -2.12. The molecule has 4 nitrogen and oxygen atoms in total. The average Bonchev–Trinajstić information content (AvgIpc) is 3.11. The molecular formula is C20H21N3OS. The van der Waals surface area contributed by atoms with Crippen LogP contribution in [-0.2, 0) is 4.79 Å². The Morgan fingerprint density at radius 3 is 2.52 bits per heavy atom. The largest absolute Gasteiger partial charge is 0.355 e. The summed E-state index contributed by atoms with van der Waals surface area (Å²) in [7, 11) is 0. The van der Waals surface area contributed by atoms with Gasteiger partial charge in [0, 0.05) is 23.1 Å². The lowest BCUT2D eigenvalue weighted by Crippen LogP contribution is -2.09. The number of carbonyl (C=O) groups is 1. The smallest absolute Gasteiger partial charge is 0.224 e. The van der Waals surface area contributed by atoms with Gasteiger partial charge in [-0.05, 0) is 24.6 Å². The Bertz CT molecular complexity index is 828. The predicted octanol–water partition coefficient (Wildman–Crippen LogP) is 5.33. The van der Waals surface area contributed by atoms with Crippen LogP contribution in [0, 0.1) is 0 Å². The van der Waals surface area contributed by atoms with E-state index in [2.05, 4.69) is 34.7 Å². The molecule has 5 heteroatoms. The number of benzene rings is 2. The SMILES string of the molecule is CCC(=O)Nc1ccc(-c2csc(N[C@H](C)c3ccccc3)n2)cc1. The fourth-order valence-electron chi connectivity index (χ4n) is 2.46. The number of thiazole rings is 1. The summed E-state index contributed by atoms with van der Waals surface area (Å²) in [6.45, 7) is 3.96. The summed E-state index contributed by atoms with van der Waals surface area (Å²) in [6.07, 6.45) is 0.475. The fraction of sp³-hybridized carbons (Fsp3) is 0.200. The summed E-state index contributed by atoms with van der Waals surface area (Å²) < 4.78 is 0. The topological polar surface area (TPSA) is 54.0 Å². The molecule has 0 unspecified atom stereocenters. The van der Waals surface area contributed by atoms with Crippen molar-refractivity contribution in [1.29, 1.82) is 0 Å². The van der Waals surface area contributed by atoms with E-state index in [9.17, 15) is 4.79 Å². The van der Waals surface area contributed by atoms with Gasteiger partial charge in [-0.15, -0.1) is 11.3 Å². The Morgan fingerprint density at radius 1 is 1.12 bits per heavy atom. The number of nitrogens with zero attached hydrogens (tertiary/aromatic N) is 1. The van der Waals surface area contributed by atoms with E-state index in [1.54, 1.807) is 11.3 Å². The van der Waals surface area contributed by atoms with E-state index in [1.165, 1.54) is 5.56 Å². The normalized spacial score (nSPS) is 11.8. The van der Waals surface area contributed by atoms with Crippen LogP contribution in [0.2, 0.25) is 0 Å². The number of anilines is 2. The Hall–Kier alpha value is -2.66. The molecule has 0 bridgehead atoms. The van der Waals surface area contributed by atoms with E-state index in [1.807, 2.05) is 54.8 Å². The predicted molar refractivity (Wildman–Crippen MR) is 105 cm³/mol. The van der Waals surface area contributed by atoms with Crippen molar-refractivity contribution in [2.24, 2.45) is 0 Å². The van der Waals surface area contributed by atoms with E-state index >= 15 is 0 Å². The Kier molecular flexibility index (Phi) is 5.46. The minimum Gasteiger partial charge on any atom is -0.355 e. The van der Waals surface area contributed by atoms with Crippen LogP contribution in [0.25, 0.3) is 11.3 Å². The van der Waals surface area contributed by atoms with Crippen LogP contribution in [0.5, 0.6) is 0 Å². The highest BCUT2D eigenvalue weighted by molar-refractivity contribution is 7.14. The molecule has 0 aliphatic heterocycles. The van der Waals surface area contributed by atoms with Crippen molar-refractivity contribution in [1.82, 2.24) is 4.98 Å². The maximum Gasteiger partial charge on any atom is 0.224 e. The van der Waals surface area contributed by atoms with E-state index in [-0.39, 0.29) is 11.9 Å². The number of aromatic nitrogens is 1. The molecule has 0 aliphatic rings. The van der Waals surface area contributed by atoms with Gasteiger partial charge in [-0.3, -0.25) is 4.79 Å². The van der Waals surface area contributed by atoms with Gasteiger partial charge in [0.2, 0.25) is 5.91 Å². The quantitative estimate of drug-likeness (QED) is 0.631. The zero-order valence-corrected chi connectivity index (χ0v) is 15.1. The Balaban J connectivity index is 1.68. The maximum atomic E-state index is 11.4. The molecular weight excluding hydrogens is 330 g/mol. The molecule has 2 aromatic carbocycles. The number of carbonyl (C=O) groups excluding carboxylic acids is 1. The van der Waals surface area contributed by atoms with Crippen LogP contribution in [0.1, 0.15) is 31.9 Å². The van der Waals surface area contributed by atoms with Crippen molar-refractivity contribution in [3.8, 4) is 11.3 Å². The van der Waals surface area contributed by atoms with Crippen LogP contribution in [0.3, 0.4) is 0 Å². The molecule has 0 radical (unpaired) electrons. The van der Waals surface area contributed by atoms with Gasteiger partial charge in [-0.25, -0.2) is 4.98 Å². The van der Waals surface area contributed by atoms with Crippen molar-refractivity contribution in [2.75, 3.05) is 10.6 Å². The first kappa shape index (κ1) is 17.2. The third-order valence-corrected chi connectivity index (χ3v) is 4.70. The highest BCUT2D eigenvalue weighted by Gasteiger charge is 2.09. The molecule has 0 spiro atoms. The maximum absolute atomic E-state index is 11.4. The molecule has 1 heterocycles. The summed E-state index contributed by atoms with van der Waals surface area (Å²) in [5, 5.41) is 9.23. The second-order valence-electron chi connectivity index (χ2n) is 5.79. The average molecular weight is 351 g/mol. The first-order chi connectivity index (χ1) is 12.2. The molecule has 3 rings (SSSR count). The number of hydrogen-bond acceptors (Lipinski definition) is 4. The minimum atomic E-state index is 0.0165. The third-order valence-electron chi connectivity index (χ3n) is 3.93. The fourth-order valence-corrected chi connectivity index (χ4v) is 3.26. The van der Waals surface area contributed by atoms with Gasteiger partial charge in [0.25, 0.3) is 0 Å². The molecule has 0 saturated carbocycles. The van der Waals surface area contributed by atoms with Gasteiger partial charge in [0.1, 0.15) is 0 Å². The molecule has 1 atom stereocenters. The molecule has 1 aromatic heterocycles. The number of hydrogen-bond donors (Lipinski definition) is 2. The third kappa shape index (κ3) is 4.45. The summed E-state index contributed by atoms with van der Waals surface area (Å²) in [4.78, 5) is 16.1. The number of nitrogens with one attached hydrogen (secondary N) is 2. The van der Waals surface area contributed by atoms with Gasteiger partial charge in [-0.1, -0.05) is 49.4 Å². The summed E-state index contributed by atoms with van der Waals surface area (Å²) >= 11 is 1.59. The highest BCUT2D eigenvalue weighted by Crippen LogP contribution is 2.28. The van der Waals surface area contributed by atoms with Crippen LogP contribution >= 0.6 is 11.3 Å². The Labute approximate surface area is 151 Å². The van der Waals surface area contributed by atoms with E-state index in [4.69, 9.17) is 0 Å². The van der Waals surface area contributed by atoms with Crippen LogP contribution in [0.15, 0.2) is 60.0 Å². The van der Waals surface area contributed by atoms with Crippen molar-refractivity contribution in [2.45, 2.75) is 26.3 Å². The van der Waals surface area contributed by atoms with Crippen molar-refractivity contribution in [3.63, 3.8) is 0 Å². The standard InChI is InChI=1S/C20H21N3OS/c1-3-19(24)22-17-11-9-16(10-12-17)18-13-25-20(23-18)21-14(2)15-7-5-4-6-8-15/h4-14H,3H2,1-2H3,(H,21,23)(H,22,24)/t14-/m1/s1. The zero-order valence-electron chi connectivity index (χ0n) is 14.3. The summed E-state index contributed by atoms with van der Waals surface area (Å²) in [5.74, 6) is 0.0165. The van der Waals surface area contributed by atoms with Crippen LogP contribution in [0.4, 0.5) is 10.8 Å². The molecule has 2 N–H and O–H groups in total. The van der Waals surface area contributed by atoms with E-state index < -0.39 is 0 Å². The number of rotatable bonds is 6. The summed E-state index contributed by atoms with van der Waals surface area (Å²) in [5.41, 5.74) is 4.00. The van der Waals surface area contributed by atoms with Crippen molar-refractivity contribution in [3.05, 3.63) is 65.5 Å². The van der Waals surface area contributed by atoms with Gasteiger partial charge >= 0.3 is 0 Å². The molecule has 3 aromatic rings.